The standard InChI is InChI=1S/C14H19N5O2S/c1-22(20,21)9-14(6-7-14)8-15-11-4-5-12-16-17-13(10-2-3-10)19(12)18-11/h4-5,10H,2-3,6-9H2,1H3,(H,15,18). The van der Waals surface area contributed by atoms with E-state index in [4.69, 9.17) is 0 Å². The Hall–Kier alpha value is -1.70. The highest BCUT2D eigenvalue weighted by Crippen LogP contribution is 2.46. The molecule has 2 aliphatic carbocycles. The van der Waals surface area contributed by atoms with Crippen molar-refractivity contribution in [3.05, 3.63) is 18.0 Å². The van der Waals surface area contributed by atoms with Gasteiger partial charge in [0.2, 0.25) is 0 Å². The molecule has 4 rings (SSSR count). The molecule has 2 heterocycles. The van der Waals surface area contributed by atoms with Crippen molar-refractivity contribution >= 4 is 21.3 Å². The molecule has 2 aromatic heterocycles. The zero-order valence-corrected chi connectivity index (χ0v) is 13.3. The van der Waals surface area contributed by atoms with E-state index >= 15 is 0 Å². The molecule has 0 aliphatic heterocycles. The summed E-state index contributed by atoms with van der Waals surface area (Å²) in [4.78, 5) is 0. The molecule has 2 fully saturated rings. The Morgan fingerprint density at radius 3 is 2.73 bits per heavy atom. The van der Waals surface area contributed by atoms with Crippen LogP contribution in [0.1, 0.15) is 37.4 Å². The maximum absolute atomic E-state index is 11.5. The molecule has 0 radical (unpaired) electrons. The molecule has 0 saturated heterocycles. The van der Waals surface area contributed by atoms with Gasteiger partial charge in [-0.3, -0.25) is 0 Å². The van der Waals surface area contributed by atoms with Crippen LogP contribution in [0.5, 0.6) is 0 Å². The fraction of sp³-hybridized carbons (Fsp3) is 0.643. The fourth-order valence-corrected chi connectivity index (χ4v) is 4.38. The van der Waals surface area contributed by atoms with Crippen LogP contribution in [0.3, 0.4) is 0 Å². The summed E-state index contributed by atoms with van der Waals surface area (Å²) in [5.41, 5.74) is 0.640. The largest absolute Gasteiger partial charge is 0.368 e. The summed E-state index contributed by atoms with van der Waals surface area (Å²) in [5, 5.41) is 16.2. The summed E-state index contributed by atoms with van der Waals surface area (Å²) in [5.74, 6) is 2.40. The molecule has 8 heteroatoms. The molecular weight excluding hydrogens is 302 g/mol. The molecule has 0 aromatic carbocycles. The van der Waals surface area contributed by atoms with E-state index in [1.54, 1.807) is 4.52 Å². The van der Waals surface area contributed by atoms with E-state index < -0.39 is 9.84 Å². The number of fused-ring (bicyclic) bond motifs is 1. The molecule has 0 bridgehead atoms. The van der Waals surface area contributed by atoms with Gasteiger partial charge in [0.05, 0.1) is 5.75 Å². The Labute approximate surface area is 129 Å². The van der Waals surface area contributed by atoms with E-state index in [0.29, 0.717) is 12.5 Å². The Bertz CT molecular complexity index is 821. The van der Waals surface area contributed by atoms with Crippen molar-refractivity contribution in [2.24, 2.45) is 5.41 Å². The van der Waals surface area contributed by atoms with Crippen molar-refractivity contribution in [1.29, 1.82) is 0 Å². The Balaban J connectivity index is 1.51. The van der Waals surface area contributed by atoms with Crippen LogP contribution in [0.25, 0.3) is 5.65 Å². The lowest BCUT2D eigenvalue weighted by atomic mass is 10.1. The highest BCUT2D eigenvalue weighted by atomic mass is 32.2. The van der Waals surface area contributed by atoms with Gasteiger partial charge in [0.25, 0.3) is 0 Å². The number of anilines is 1. The maximum Gasteiger partial charge on any atom is 0.178 e. The summed E-state index contributed by atoms with van der Waals surface area (Å²) in [7, 11) is -2.94. The molecule has 7 nitrogen and oxygen atoms in total. The van der Waals surface area contributed by atoms with Crippen molar-refractivity contribution in [3.63, 3.8) is 0 Å². The molecule has 0 spiro atoms. The van der Waals surface area contributed by atoms with Crippen LogP contribution in [0.4, 0.5) is 5.82 Å². The predicted octanol–water partition coefficient (Wildman–Crippen LogP) is 1.24. The first-order valence-electron chi connectivity index (χ1n) is 7.58. The van der Waals surface area contributed by atoms with Crippen molar-refractivity contribution in [2.45, 2.75) is 31.6 Å². The fourth-order valence-electron chi connectivity index (χ4n) is 2.88. The normalized spacial score (nSPS) is 20.2. The number of nitrogens with one attached hydrogen (secondary N) is 1. The molecule has 118 valence electrons. The van der Waals surface area contributed by atoms with Crippen LogP contribution in [-0.4, -0.2) is 46.8 Å². The summed E-state index contributed by atoms with van der Waals surface area (Å²) < 4.78 is 24.8. The van der Waals surface area contributed by atoms with E-state index in [2.05, 4.69) is 20.6 Å². The van der Waals surface area contributed by atoms with Crippen LogP contribution in [0.15, 0.2) is 12.1 Å². The van der Waals surface area contributed by atoms with Crippen LogP contribution in [-0.2, 0) is 9.84 Å². The Morgan fingerprint density at radius 2 is 2.09 bits per heavy atom. The predicted molar refractivity (Wildman–Crippen MR) is 82.6 cm³/mol. The smallest absolute Gasteiger partial charge is 0.178 e. The van der Waals surface area contributed by atoms with Gasteiger partial charge < -0.3 is 5.32 Å². The highest BCUT2D eigenvalue weighted by Gasteiger charge is 2.45. The van der Waals surface area contributed by atoms with Crippen molar-refractivity contribution in [3.8, 4) is 0 Å². The van der Waals surface area contributed by atoms with Crippen molar-refractivity contribution in [1.82, 2.24) is 19.8 Å². The van der Waals surface area contributed by atoms with E-state index in [9.17, 15) is 8.42 Å². The summed E-state index contributed by atoms with van der Waals surface area (Å²) in [6, 6.07) is 3.77. The van der Waals surface area contributed by atoms with Crippen LogP contribution >= 0.6 is 0 Å². The van der Waals surface area contributed by atoms with Gasteiger partial charge in [-0.15, -0.1) is 15.3 Å². The molecule has 0 atom stereocenters. The van der Waals surface area contributed by atoms with Crippen LogP contribution < -0.4 is 5.32 Å². The molecular formula is C14H19N5O2S. The first kappa shape index (κ1) is 13.9. The van der Waals surface area contributed by atoms with Gasteiger partial charge in [-0.25, -0.2) is 8.42 Å². The first-order chi connectivity index (χ1) is 10.4. The molecule has 0 unspecified atom stereocenters. The third-order valence-electron chi connectivity index (χ3n) is 4.40. The van der Waals surface area contributed by atoms with Crippen LogP contribution in [0.2, 0.25) is 0 Å². The number of nitrogens with zero attached hydrogens (tertiary/aromatic N) is 4. The highest BCUT2D eigenvalue weighted by molar-refractivity contribution is 7.90. The van der Waals surface area contributed by atoms with Crippen molar-refractivity contribution in [2.75, 3.05) is 23.9 Å². The summed E-state index contributed by atoms with van der Waals surface area (Å²) >= 11 is 0. The Kier molecular flexibility index (Phi) is 2.94. The number of hydrogen-bond donors (Lipinski definition) is 1. The second-order valence-corrected chi connectivity index (χ2v) is 8.88. The lowest BCUT2D eigenvalue weighted by Gasteiger charge is -2.15. The maximum atomic E-state index is 11.5. The molecule has 2 saturated carbocycles. The van der Waals surface area contributed by atoms with E-state index in [1.807, 2.05) is 12.1 Å². The zero-order valence-electron chi connectivity index (χ0n) is 12.5. The number of sulfone groups is 1. The third-order valence-corrected chi connectivity index (χ3v) is 5.54. The number of aromatic nitrogens is 4. The zero-order chi connectivity index (χ0) is 15.4. The van der Waals surface area contributed by atoms with E-state index in [1.165, 1.54) is 6.26 Å². The second kappa shape index (κ2) is 4.65. The lowest BCUT2D eigenvalue weighted by Crippen LogP contribution is -2.24. The van der Waals surface area contributed by atoms with E-state index in [0.717, 1.165) is 43.0 Å². The van der Waals surface area contributed by atoms with Crippen molar-refractivity contribution < 1.29 is 8.42 Å². The van der Waals surface area contributed by atoms with Gasteiger partial charge in [-0.2, -0.15) is 4.52 Å². The van der Waals surface area contributed by atoms with Gasteiger partial charge in [0.1, 0.15) is 15.7 Å². The number of rotatable bonds is 6. The van der Waals surface area contributed by atoms with Crippen LogP contribution in [0, 0.1) is 5.41 Å². The van der Waals surface area contributed by atoms with Gasteiger partial charge in [-0.1, -0.05) is 0 Å². The van der Waals surface area contributed by atoms with E-state index in [-0.39, 0.29) is 11.2 Å². The molecule has 2 aromatic rings. The Morgan fingerprint density at radius 1 is 1.32 bits per heavy atom. The van der Waals surface area contributed by atoms with Gasteiger partial charge in [0, 0.05) is 24.1 Å². The third kappa shape index (κ3) is 2.79. The summed E-state index contributed by atoms with van der Waals surface area (Å²) in [6.07, 6.45) is 5.51. The van der Waals surface area contributed by atoms with Gasteiger partial charge >= 0.3 is 0 Å². The van der Waals surface area contributed by atoms with Gasteiger partial charge in [0.15, 0.2) is 11.5 Å². The molecule has 1 N–H and O–H groups in total. The summed E-state index contributed by atoms with van der Waals surface area (Å²) in [6.45, 7) is 0.638. The monoisotopic (exact) mass is 321 g/mol. The SMILES string of the molecule is CS(=O)(=O)CC1(CNc2ccc3nnc(C4CC4)n3n2)CC1. The average Bonchev–Trinajstić information content (AvgIpc) is 3.36. The molecule has 22 heavy (non-hydrogen) atoms. The number of hydrogen-bond acceptors (Lipinski definition) is 6. The minimum absolute atomic E-state index is 0.114. The first-order valence-corrected chi connectivity index (χ1v) is 9.64. The van der Waals surface area contributed by atoms with Gasteiger partial charge in [-0.05, 0) is 37.8 Å². The second-order valence-electron chi connectivity index (χ2n) is 6.74. The minimum atomic E-state index is -2.94. The topological polar surface area (TPSA) is 89.2 Å². The quantitative estimate of drug-likeness (QED) is 0.861. The molecule has 2 aliphatic rings. The molecule has 0 amide bonds. The lowest BCUT2D eigenvalue weighted by molar-refractivity contribution is 0.560. The minimum Gasteiger partial charge on any atom is -0.368 e. The average molecular weight is 321 g/mol.